The Balaban J connectivity index is 0.000000130. The van der Waals surface area contributed by atoms with Gasteiger partial charge in [-0.25, -0.2) is 39.9 Å². The number of aliphatic hydroxyl groups is 2. The lowest BCUT2D eigenvalue weighted by Crippen LogP contribution is -2.35. The van der Waals surface area contributed by atoms with Gasteiger partial charge in [0.15, 0.2) is 21.9 Å². The van der Waals surface area contributed by atoms with E-state index in [0.717, 1.165) is 151 Å². The van der Waals surface area contributed by atoms with Gasteiger partial charge in [-0.05, 0) is 150 Å². The maximum atomic E-state index is 10.7. The van der Waals surface area contributed by atoms with E-state index in [9.17, 15) is 10.2 Å². The van der Waals surface area contributed by atoms with Crippen LogP contribution in [0, 0.1) is 65.2 Å². The lowest BCUT2D eigenvalue weighted by atomic mass is 10.0. The third-order valence-electron chi connectivity index (χ3n) is 19.2. The van der Waals surface area contributed by atoms with E-state index < -0.39 is 23.8 Å². The Hall–Kier alpha value is -6.24. The van der Waals surface area contributed by atoms with Crippen LogP contribution in [0.1, 0.15) is 121 Å². The molecular weight excluding hydrogens is 1310 g/mol. The number of ether oxygens (including phenoxy) is 4. The molecule has 12 atom stereocenters. The first kappa shape index (κ1) is 68.3. The minimum absolute atomic E-state index is 0.00221. The van der Waals surface area contributed by atoms with Gasteiger partial charge >= 0.3 is 0 Å². The van der Waals surface area contributed by atoms with E-state index in [1.807, 2.05) is 125 Å². The lowest BCUT2D eigenvalue weighted by molar-refractivity contribution is -0.157. The molecule has 4 aliphatic carbocycles. The van der Waals surface area contributed by atoms with Crippen LogP contribution in [0.2, 0.25) is 0 Å². The third kappa shape index (κ3) is 13.9. The van der Waals surface area contributed by atoms with Crippen molar-refractivity contribution in [3.63, 3.8) is 0 Å². The Morgan fingerprint density at radius 3 is 1.38 bits per heavy atom. The topological polar surface area (TPSA) is 280 Å². The Morgan fingerprint density at radius 1 is 0.521 bits per heavy atom. The van der Waals surface area contributed by atoms with Gasteiger partial charge in [0, 0.05) is 31.1 Å². The fourth-order valence-electron chi connectivity index (χ4n) is 14.1. The predicted octanol–water partition coefficient (Wildman–Crippen LogP) is 13.7. The van der Waals surface area contributed by atoms with Crippen LogP contribution in [0.4, 0.5) is 23.4 Å². The molecule has 0 amide bonds. The second-order valence-electron chi connectivity index (χ2n) is 26.8. The maximum Gasteiger partial charge on any atom is 0.224 e. The molecule has 11 heterocycles. The molecule has 2 saturated heterocycles. The normalized spacial score (nSPS) is 26.1. The number of thiazole rings is 3. The van der Waals surface area contributed by atoms with E-state index in [1.54, 1.807) is 52.0 Å². The average Bonchev–Trinajstić information content (AvgIpc) is 1.62. The number of rotatable bonds is 17. The Bertz CT molecular complexity index is 4350. The molecule has 0 spiro atoms. The van der Waals surface area contributed by atoms with E-state index in [4.69, 9.17) is 63.8 Å². The first-order chi connectivity index (χ1) is 46.0. The molecule has 6 fully saturated rings. The summed E-state index contributed by atoms with van der Waals surface area (Å²) in [6.45, 7) is 29.0. The van der Waals surface area contributed by atoms with Crippen molar-refractivity contribution in [1.82, 2.24) is 59.8 Å². The highest BCUT2D eigenvalue weighted by Crippen LogP contribution is 2.48. The van der Waals surface area contributed by atoms with Gasteiger partial charge in [-0.3, -0.25) is 15.0 Å². The molecule has 2 aliphatic heterocycles. The Morgan fingerprint density at radius 2 is 0.938 bits per heavy atom. The predicted molar refractivity (Wildman–Crippen MR) is 386 cm³/mol. The standard InChI is InChI=1S/C23H30N6O2S.C23H29N5O2S2.C23H27N5O2S2/c1-4-14-9-15(20(31)19(14)30)27-21-17(11(2)26-23(29-21)25-10-13-5-6-13)22-28-18-12(3)24-8-7-16(18)32-22;2*1-7-13-10-14(19-18(13)29-23(4,5)30-19)26-20-16(11(2)25-22(28-20)31-6)21-27-17-12(3)24-9-8-15(17)32-21/h7-8,13-15,19-20,30-31H,4-6,9-10H2,1-3H3,(H2,25,26,27,29);8-9,13-14,18-19H,7,10H2,1-6H3,(H,25,26,28);7-9,13-14,18-19H,1,10H2,2-6H3,(H,25,26,28)/t14-,15+,19+,20-;2*13-,14+,18+,19-/m000/s1. The van der Waals surface area contributed by atoms with Crippen LogP contribution in [-0.4, -0.2) is 155 Å². The van der Waals surface area contributed by atoms with Gasteiger partial charge < -0.3 is 50.4 Å². The number of aliphatic hydroxyl groups excluding tert-OH is 2. The summed E-state index contributed by atoms with van der Waals surface area (Å²) in [6.07, 6.45) is 16.8. The number of hydrogen-bond acceptors (Lipinski definition) is 27. The average molecular weight is 1400 g/mol. The molecule has 9 aromatic rings. The summed E-state index contributed by atoms with van der Waals surface area (Å²) in [7, 11) is 0. The zero-order chi connectivity index (χ0) is 67.6. The number of thioether (sulfide) groups is 2. The summed E-state index contributed by atoms with van der Waals surface area (Å²) < 4.78 is 28.4. The molecule has 27 heteroatoms. The number of anilines is 4. The third-order valence-corrected chi connectivity index (χ3v) is 23.4. The quantitative estimate of drug-likeness (QED) is 0.0281. The van der Waals surface area contributed by atoms with Crippen LogP contribution in [0.5, 0.6) is 0 Å². The first-order valence-electron chi connectivity index (χ1n) is 33.2. The lowest BCUT2D eigenvalue weighted by Gasteiger charge is -2.25. The van der Waals surface area contributed by atoms with Gasteiger partial charge in [-0.2, -0.15) is 4.98 Å². The van der Waals surface area contributed by atoms with E-state index >= 15 is 0 Å². The molecule has 0 aromatic carbocycles. The van der Waals surface area contributed by atoms with Crippen LogP contribution in [0.25, 0.3) is 62.4 Å². The highest BCUT2D eigenvalue weighted by molar-refractivity contribution is 7.98. The number of aryl methyl sites for hydroxylation is 6. The summed E-state index contributed by atoms with van der Waals surface area (Å²) >= 11 is 7.96. The van der Waals surface area contributed by atoms with E-state index in [-0.39, 0.29) is 54.4 Å². The van der Waals surface area contributed by atoms with E-state index in [1.165, 1.54) is 24.6 Å². The monoisotopic (exact) mass is 1390 g/mol. The second kappa shape index (κ2) is 27.8. The molecule has 96 heavy (non-hydrogen) atoms. The molecule has 15 rings (SSSR count). The van der Waals surface area contributed by atoms with Crippen molar-refractivity contribution in [2.75, 3.05) is 40.3 Å². The number of hydrogen-bond donors (Lipinski definition) is 6. The van der Waals surface area contributed by atoms with E-state index in [2.05, 4.69) is 49.7 Å². The zero-order valence-electron chi connectivity index (χ0n) is 56.8. The second-order valence-corrected chi connectivity index (χ2v) is 31.5. The molecule has 6 N–H and O–H groups in total. The summed E-state index contributed by atoms with van der Waals surface area (Å²) in [5.41, 5.74) is 10.9. The number of pyridine rings is 3. The van der Waals surface area contributed by atoms with Gasteiger partial charge in [0.25, 0.3) is 0 Å². The van der Waals surface area contributed by atoms with Crippen molar-refractivity contribution >= 4 is 112 Å². The SMILES string of the molecule is C=C[C@H]1C[C@@H](Nc2nc(SC)nc(C)c2-c2nc3c(C)nccc3s2)[C@@H]2OC(C)(C)O[C@@H]21.CC[C@H]1C[C@@H](Nc2nc(NCC3CC3)nc(C)c2-c2nc3c(C)nccc3s2)[C@H](O)[C@@H]1O.CC[C@H]1C[C@@H](Nc2nc(SC)nc(C)c2-c2nc3c(C)nccc3s2)[C@@H]2OC(C)(C)O[C@H]12. The van der Waals surface area contributed by atoms with E-state index in [0.29, 0.717) is 30.0 Å². The van der Waals surface area contributed by atoms with Gasteiger partial charge in [0.1, 0.15) is 67.3 Å². The van der Waals surface area contributed by atoms with Crippen molar-refractivity contribution in [3.8, 4) is 31.7 Å². The number of aromatic nitrogens is 12. The summed E-state index contributed by atoms with van der Waals surface area (Å²) in [4.78, 5) is 56.5. The van der Waals surface area contributed by atoms with Crippen LogP contribution >= 0.6 is 57.5 Å². The van der Waals surface area contributed by atoms with Gasteiger partial charge in [-0.15, -0.1) is 40.6 Å². The molecule has 0 radical (unpaired) electrons. The fourth-order valence-corrected chi connectivity index (χ4v) is 18.2. The van der Waals surface area contributed by atoms with Crippen molar-refractivity contribution < 1.29 is 29.2 Å². The number of nitrogens with one attached hydrogen (secondary N) is 4. The zero-order valence-corrected chi connectivity index (χ0v) is 60.9. The molecule has 9 aromatic heterocycles. The number of nitrogens with zero attached hydrogens (tertiary/aromatic N) is 12. The van der Waals surface area contributed by atoms with Crippen molar-refractivity contribution in [1.29, 1.82) is 0 Å². The highest BCUT2D eigenvalue weighted by Gasteiger charge is 2.55. The Labute approximate surface area is 580 Å². The van der Waals surface area contributed by atoms with Gasteiger partial charge in [0.2, 0.25) is 5.95 Å². The summed E-state index contributed by atoms with van der Waals surface area (Å²) in [5.74, 6) is 3.12. The largest absolute Gasteiger partial charge is 0.390 e. The smallest absolute Gasteiger partial charge is 0.224 e. The molecule has 0 bridgehead atoms. The Kier molecular flexibility index (Phi) is 19.8. The molecule has 0 unspecified atom stereocenters. The van der Waals surface area contributed by atoms with Crippen LogP contribution in [0.3, 0.4) is 0 Å². The molecule has 508 valence electrons. The van der Waals surface area contributed by atoms with Crippen LogP contribution in [0.15, 0.2) is 59.8 Å². The van der Waals surface area contributed by atoms with Crippen molar-refractivity contribution in [2.45, 2.75) is 205 Å². The first-order valence-corrected chi connectivity index (χ1v) is 38.1. The molecule has 22 nitrogen and oxygen atoms in total. The van der Waals surface area contributed by atoms with Crippen molar-refractivity contribution in [3.05, 3.63) is 83.6 Å². The number of fused-ring (bicyclic) bond motifs is 5. The highest BCUT2D eigenvalue weighted by atomic mass is 32.2. The minimum Gasteiger partial charge on any atom is -0.390 e. The summed E-state index contributed by atoms with van der Waals surface area (Å²) in [5, 5.41) is 39.4. The van der Waals surface area contributed by atoms with Crippen LogP contribution in [-0.2, 0) is 18.9 Å². The fraction of sp³-hybridized carbons (Fsp3) is 0.536. The molecule has 6 aliphatic rings. The maximum absolute atomic E-state index is 10.7. The molecule has 4 saturated carbocycles. The van der Waals surface area contributed by atoms with Crippen molar-refractivity contribution in [2.24, 2.45) is 23.7 Å². The van der Waals surface area contributed by atoms with Gasteiger partial charge in [0.05, 0.1) is 101 Å². The van der Waals surface area contributed by atoms with Crippen LogP contribution < -0.4 is 21.3 Å². The minimum atomic E-state index is -0.840. The van der Waals surface area contributed by atoms with Gasteiger partial charge in [-0.1, -0.05) is 56.3 Å². The summed E-state index contributed by atoms with van der Waals surface area (Å²) in [6, 6.07) is 5.88. The molecular formula is C69H86N16O6S5.